The minimum absolute atomic E-state index is 0.144. The summed E-state index contributed by atoms with van der Waals surface area (Å²) < 4.78 is 12.0. The van der Waals surface area contributed by atoms with Crippen LogP contribution in [0.15, 0.2) is 89.4 Å². The second-order valence-electron chi connectivity index (χ2n) is 7.00. The average molecular weight is 478 g/mol. The van der Waals surface area contributed by atoms with E-state index in [-0.39, 0.29) is 6.61 Å². The molecular formula is C25H20BrNO4. The van der Waals surface area contributed by atoms with Gasteiger partial charge in [-0.1, -0.05) is 76.6 Å². The maximum atomic E-state index is 12.9. The van der Waals surface area contributed by atoms with Crippen molar-refractivity contribution in [2.24, 2.45) is 0 Å². The summed E-state index contributed by atoms with van der Waals surface area (Å²) in [5, 5.41) is 0. The Morgan fingerprint density at radius 3 is 2.52 bits per heavy atom. The summed E-state index contributed by atoms with van der Waals surface area (Å²) in [5.41, 5.74) is 2.62. The average Bonchev–Trinajstić information content (AvgIpc) is 3.19. The molecule has 1 aliphatic rings. The van der Waals surface area contributed by atoms with Crippen molar-refractivity contribution in [1.29, 1.82) is 0 Å². The van der Waals surface area contributed by atoms with Gasteiger partial charge in [-0.2, -0.15) is 0 Å². The second-order valence-corrected chi connectivity index (χ2v) is 7.92. The smallest absolute Gasteiger partial charge is 0.417 e. The van der Waals surface area contributed by atoms with E-state index in [4.69, 9.17) is 9.47 Å². The second kappa shape index (κ2) is 9.62. The number of carbonyl (C=O) groups excluding carboxylic acids is 2. The van der Waals surface area contributed by atoms with Gasteiger partial charge in [0, 0.05) is 16.1 Å². The molecule has 0 spiro atoms. The highest BCUT2D eigenvalue weighted by Crippen LogP contribution is 2.29. The Bertz CT molecular complexity index is 1100. The van der Waals surface area contributed by atoms with Gasteiger partial charge >= 0.3 is 6.09 Å². The molecule has 0 N–H and O–H groups in total. The Morgan fingerprint density at radius 2 is 1.77 bits per heavy atom. The Hall–Kier alpha value is -3.38. The van der Waals surface area contributed by atoms with Crippen LogP contribution in [0.2, 0.25) is 0 Å². The largest absolute Gasteiger partial charge is 0.488 e. The zero-order valence-electron chi connectivity index (χ0n) is 16.6. The van der Waals surface area contributed by atoms with Crippen molar-refractivity contribution in [3.8, 4) is 5.75 Å². The van der Waals surface area contributed by atoms with Gasteiger partial charge in [-0.15, -0.1) is 0 Å². The molecule has 4 rings (SSSR count). The number of nitrogens with zero attached hydrogens (tertiary/aromatic N) is 1. The van der Waals surface area contributed by atoms with Crippen molar-refractivity contribution in [2.75, 3.05) is 6.61 Å². The number of halogens is 1. The summed E-state index contributed by atoms with van der Waals surface area (Å²) in [6, 6.07) is 24.4. The molecule has 0 aliphatic carbocycles. The van der Waals surface area contributed by atoms with E-state index in [0.29, 0.717) is 12.4 Å². The summed E-state index contributed by atoms with van der Waals surface area (Å²) in [7, 11) is 0. The summed E-state index contributed by atoms with van der Waals surface area (Å²) in [4.78, 5) is 26.2. The van der Waals surface area contributed by atoms with Gasteiger partial charge in [0.25, 0.3) is 5.91 Å². The van der Waals surface area contributed by atoms with Crippen molar-refractivity contribution < 1.29 is 19.1 Å². The van der Waals surface area contributed by atoms with Crippen molar-refractivity contribution in [2.45, 2.75) is 12.6 Å². The van der Waals surface area contributed by atoms with Crippen LogP contribution < -0.4 is 4.74 Å². The van der Waals surface area contributed by atoms with Gasteiger partial charge < -0.3 is 9.47 Å². The molecule has 0 saturated carbocycles. The van der Waals surface area contributed by atoms with Gasteiger partial charge in [0.2, 0.25) is 0 Å². The van der Waals surface area contributed by atoms with Crippen LogP contribution >= 0.6 is 15.9 Å². The fourth-order valence-electron chi connectivity index (χ4n) is 3.34. The molecule has 1 fully saturated rings. The highest BCUT2D eigenvalue weighted by Gasteiger charge is 2.37. The van der Waals surface area contributed by atoms with Crippen LogP contribution in [0, 0.1) is 0 Å². The third kappa shape index (κ3) is 5.03. The molecule has 0 aromatic heterocycles. The minimum Gasteiger partial charge on any atom is -0.488 e. The number of rotatable bonds is 6. The predicted molar refractivity (Wildman–Crippen MR) is 121 cm³/mol. The van der Waals surface area contributed by atoms with Crippen LogP contribution in [0.5, 0.6) is 5.75 Å². The van der Waals surface area contributed by atoms with E-state index in [2.05, 4.69) is 15.9 Å². The molecule has 3 aromatic rings. The van der Waals surface area contributed by atoms with Crippen molar-refractivity contribution >= 4 is 34.0 Å². The molecule has 1 aliphatic heterocycles. The third-order valence-corrected chi connectivity index (χ3v) is 5.40. The maximum Gasteiger partial charge on any atom is 0.417 e. The number of hydrogen-bond donors (Lipinski definition) is 0. The van der Waals surface area contributed by atoms with E-state index in [1.54, 1.807) is 6.08 Å². The third-order valence-electron chi connectivity index (χ3n) is 4.91. The van der Waals surface area contributed by atoms with Gasteiger partial charge in [-0.05, 0) is 35.4 Å². The Kier molecular flexibility index (Phi) is 6.48. The van der Waals surface area contributed by atoms with Crippen LogP contribution in [0.3, 0.4) is 0 Å². The van der Waals surface area contributed by atoms with E-state index in [1.165, 1.54) is 6.08 Å². The molecule has 1 heterocycles. The van der Waals surface area contributed by atoms with Gasteiger partial charge in [-0.25, -0.2) is 9.69 Å². The molecule has 0 bridgehead atoms. The molecule has 1 saturated heterocycles. The first-order valence-electron chi connectivity index (χ1n) is 9.81. The number of ether oxygens (including phenoxy) is 2. The molecule has 0 radical (unpaired) electrons. The highest BCUT2D eigenvalue weighted by molar-refractivity contribution is 9.10. The lowest BCUT2D eigenvalue weighted by Crippen LogP contribution is -2.32. The summed E-state index contributed by atoms with van der Waals surface area (Å²) in [6.45, 7) is 0.552. The lowest BCUT2D eigenvalue weighted by Gasteiger charge is -2.18. The fourth-order valence-corrected chi connectivity index (χ4v) is 3.72. The Labute approximate surface area is 189 Å². The van der Waals surface area contributed by atoms with Crippen LogP contribution in [0.1, 0.15) is 22.7 Å². The topological polar surface area (TPSA) is 55.8 Å². The number of carbonyl (C=O) groups is 2. The van der Waals surface area contributed by atoms with Crippen molar-refractivity contribution in [1.82, 2.24) is 4.90 Å². The number of imide groups is 1. The minimum atomic E-state index is -0.640. The Morgan fingerprint density at radius 1 is 1.06 bits per heavy atom. The Balaban J connectivity index is 1.52. The monoisotopic (exact) mass is 477 g/mol. The van der Waals surface area contributed by atoms with Crippen LogP contribution in [0.4, 0.5) is 4.79 Å². The molecule has 156 valence electrons. The van der Waals surface area contributed by atoms with E-state index >= 15 is 0 Å². The van der Waals surface area contributed by atoms with Crippen LogP contribution in [0.25, 0.3) is 6.08 Å². The summed E-state index contributed by atoms with van der Waals surface area (Å²) >= 11 is 3.46. The number of hydrogen-bond acceptors (Lipinski definition) is 4. The van der Waals surface area contributed by atoms with Crippen molar-refractivity contribution in [3.05, 3.63) is 106 Å². The van der Waals surface area contributed by atoms with Gasteiger partial charge in [0.05, 0.1) is 0 Å². The fraction of sp³-hybridized carbons (Fsp3) is 0.120. The van der Waals surface area contributed by atoms with Crippen LogP contribution in [-0.2, 0) is 16.1 Å². The standard InChI is InChI=1S/C25H20BrNO4/c26-21-12-13-23(30-16-18-7-3-1-4-8-18)20(15-21)11-14-24(28)27-22(17-31-25(27)29)19-9-5-2-6-10-19/h1-15,22H,16-17H2. The number of cyclic esters (lactones) is 1. The lowest BCUT2D eigenvalue weighted by molar-refractivity contribution is -0.124. The quantitative estimate of drug-likeness (QED) is 0.423. The molecule has 1 unspecified atom stereocenters. The number of benzene rings is 3. The number of amides is 2. The zero-order chi connectivity index (χ0) is 21.6. The first-order chi connectivity index (χ1) is 15.1. The zero-order valence-corrected chi connectivity index (χ0v) is 18.2. The SMILES string of the molecule is O=C(C=Cc1cc(Br)ccc1OCc1ccccc1)N1C(=O)OCC1c1ccccc1. The molecule has 1 atom stereocenters. The summed E-state index contributed by atoms with van der Waals surface area (Å²) in [5.74, 6) is 0.199. The predicted octanol–water partition coefficient (Wildman–Crippen LogP) is 5.76. The van der Waals surface area contributed by atoms with E-state index in [9.17, 15) is 9.59 Å². The van der Waals surface area contributed by atoms with Gasteiger partial charge in [-0.3, -0.25) is 4.79 Å². The molecule has 31 heavy (non-hydrogen) atoms. The van der Waals surface area contributed by atoms with E-state index in [1.807, 2.05) is 78.9 Å². The lowest BCUT2D eigenvalue weighted by atomic mass is 10.1. The first kappa shape index (κ1) is 20.9. The molecule has 6 heteroatoms. The molecule has 5 nitrogen and oxygen atoms in total. The van der Waals surface area contributed by atoms with E-state index < -0.39 is 18.0 Å². The molecule has 3 aromatic carbocycles. The van der Waals surface area contributed by atoms with E-state index in [0.717, 1.165) is 26.1 Å². The molecular weight excluding hydrogens is 458 g/mol. The van der Waals surface area contributed by atoms with Gasteiger partial charge in [0.1, 0.15) is 25.0 Å². The van der Waals surface area contributed by atoms with Crippen LogP contribution in [-0.4, -0.2) is 23.5 Å². The summed E-state index contributed by atoms with van der Waals surface area (Å²) in [6.07, 6.45) is 2.39. The first-order valence-corrected chi connectivity index (χ1v) is 10.6. The maximum absolute atomic E-state index is 12.9. The van der Waals surface area contributed by atoms with Gasteiger partial charge in [0.15, 0.2) is 0 Å². The highest BCUT2D eigenvalue weighted by atomic mass is 79.9. The molecule has 2 amide bonds. The normalized spacial score (nSPS) is 15.8. The van der Waals surface area contributed by atoms with Crippen molar-refractivity contribution in [3.63, 3.8) is 0 Å².